The van der Waals surface area contributed by atoms with Crippen LogP contribution in [0.25, 0.3) is 22.3 Å². The van der Waals surface area contributed by atoms with Crippen LogP contribution in [0, 0.1) is 0 Å². The molecule has 2 aliphatic rings. The minimum atomic E-state index is 0.572. The van der Waals surface area contributed by atoms with Gasteiger partial charge in [0, 0.05) is 25.2 Å². The summed E-state index contributed by atoms with van der Waals surface area (Å²) in [6, 6.07) is 27.9. The van der Waals surface area contributed by atoms with Crippen molar-refractivity contribution in [3.63, 3.8) is 0 Å². The van der Waals surface area contributed by atoms with Crippen molar-refractivity contribution in [1.29, 1.82) is 0 Å². The number of hydrogen-bond donors (Lipinski definition) is 0. The second-order valence-corrected chi connectivity index (χ2v) is 7.67. The van der Waals surface area contributed by atoms with Crippen molar-refractivity contribution in [3.8, 4) is 22.3 Å². The minimum Gasteiger partial charge on any atom is -0.296 e. The summed E-state index contributed by atoms with van der Waals surface area (Å²) in [4.78, 5) is 4.78. The Labute approximate surface area is 155 Å². The van der Waals surface area contributed by atoms with Crippen molar-refractivity contribution in [2.24, 2.45) is 0 Å². The van der Waals surface area contributed by atoms with Gasteiger partial charge in [0.1, 0.15) is 0 Å². The van der Waals surface area contributed by atoms with E-state index in [1.54, 1.807) is 0 Å². The third-order valence-corrected chi connectivity index (χ3v) is 5.84. The van der Waals surface area contributed by atoms with Gasteiger partial charge in [0.2, 0.25) is 0 Å². The summed E-state index contributed by atoms with van der Waals surface area (Å²) in [6.45, 7) is 2.32. The topological polar surface area (TPSA) is 6.02 Å². The van der Waals surface area contributed by atoms with Crippen LogP contribution in [-0.2, 0) is 0 Å². The van der Waals surface area contributed by atoms with Crippen molar-refractivity contribution in [2.45, 2.75) is 12.1 Å². The summed E-state index contributed by atoms with van der Waals surface area (Å²) < 4.78 is 0. The number of nitrogens with zero attached hydrogens (tertiary/aromatic N) is 2. The van der Waals surface area contributed by atoms with Crippen LogP contribution in [0.5, 0.6) is 0 Å². The third kappa shape index (κ3) is 2.76. The van der Waals surface area contributed by atoms with E-state index in [4.69, 9.17) is 0 Å². The largest absolute Gasteiger partial charge is 0.296 e. The monoisotopic (exact) mass is 340 g/mol. The average Bonchev–Trinajstić information content (AvgIpc) is 3.60. The summed E-state index contributed by atoms with van der Waals surface area (Å²) in [5, 5.41) is 0. The Hall–Kier alpha value is -2.42. The molecule has 3 aromatic rings. The minimum absolute atomic E-state index is 0.572. The first-order valence-corrected chi connectivity index (χ1v) is 9.41. The first-order valence-electron chi connectivity index (χ1n) is 9.41. The molecule has 0 amide bonds. The van der Waals surface area contributed by atoms with Gasteiger partial charge in [0.15, 0.2) is 0 Å². The lowest BCUT2D eigenvalue weighted by Crippen LogP contribution is -1.94. The molecule has 2 aliphatic heterocycles. The van der Waals surface area contributed by atoms with Gasteiger partial charge in [-0.15, -0.1) is 0 Å². The highest BCUT2D eigenvalue weighted by Crippen LogP contribution is 2.41. The molecule has 0 N–H and O–H groups in total. The molecule has 5 rings (SSSR count). The van der Waals surface area contributed by atoms with Gasteiger partial charge in [-0.25, -0.2) is 0 Å². The Bertz CT molecular complexity index is 887. The molecule has 0 saturated carbocycles. The molecular weight excluding hydrogens is 316 g/mol. The van der Waals surface area contributed by atoms with Crippen LogP contribution < -0.4 is 0 Å². The standard InChI is InChI=1S/C24H24N2/c1-25-15-23(25)21-12-5-3-10-19(21)17-8-7-9-18(14-17)20-11-4-6-13-22(20)24-16-26(24)2/h3-14,23-24H,15-16H2,1-2H3. The van der Waals surface area contributed by atoms with Crippen LogP contribution in [0.15, 0.2) is 72.8 Å². The molecule has 3 aromatic carbocycles. The number of likely N-dealkylation sites (N-methyl/N-ethyl adjacent to an activating group) is 2. The Morgan fingerprint density at radius 1 is 0.615 bits per heavy atom. The molecule has 2 heteroatoms. The summed E-state index contributed by atoms with van der Waals surface area (Å²) >= 11 is 0. The normalized spacial score (nSPS) is 26.5. The fourth-order valence-electron chi connectivity index (χ4n) is 4.08. The van der Waals surface area contributed by atoms with E-state index < -0.39 is 0 Å². The van der Waals surface area contributed by atoms with Crippen LogP contribution in [-0.4, -0.2) is 37.0 Å². The maximum Gasteiger partial charge on any atom is 0.0479 e. The van der Waals surface area contributed by atoms with E-state index in [0.29, 0.717) is 12.1 Å². The Kier molecular flexibility index (Phi) is 3.70. The molecule has 2 nitrogen and oxygen atoms in total. The fraction of sp³-hybridized carbons (Fsp3) is 0.250. The maximum absolute atomic E-state index is 2.39. The highest BCUT2D eigenvalue weighted by Gasteiger charge is 2.34. The summed E-state index contributed by atoms with van der Waals surface area (Å²) in [7, 11) is 4.39. The van der Waals surface area contributed by atoms with Gasteiger partial charge in [-0.05, 0) is 53.5 Å². The lowest BCUT2D eigenvalue weighted by Gasteiger charge is -2.13. The van der Waals surface area contributed by atoms with Crippen LogP contribution in [0.4, 0.5) is 0 Å². The molecule has 4 unspecified atom stereocenters. The molecule has 0 radical (unpaired) electrons. The molecule has 0 aliphatic carbocycles. The molecule has 26 heavy (non-hydrogen) atoms. The Balaban J connectivity index is 1.58. The van der Waals surface area contributed by atoms with Gasteiger partial charge in [-0.3, -0.25) is 9.80 Å². The highest BCUT2D eigenvalue weighted by atomic mass is 15.3. The van der Waals surface area contributed by atoms with Crippen molar-refractivity contribution in [2.75, 3.05) is 27.2 Å². The average molecular weight is 340 g/mol. The lowest BCUT2D eigenvalue weighted by molar-refractivity contribution is 0.632. The predicted octanol–water partition coefficient (Wildman–Crippen LogP) is 4.99. The quantitative estimate of drug-likeness (QED) is 0.617. The highest BCUT2D eigenvalue weighted by molar-refractivity contribution is 5.77. The van der Waals surface area contributed by atoms with Gasteiger partial charge < -0.3 is 0 Å². The third-order valence-electron chi connectivity index (χ3n) is 5.84. The van der Waals surface area contributed by atoms with Crippen LogP contribution >= 0.6 is 0 Å². The van der Waals surface area contributed by atoms with Crippen LogP contribution in [0.3, 0.4) is 0 Å². The fourth-order valence-corrected chi connectivity index (χ4v) is 4.08. The zero-order chi connectivity index (χ0) is 17.7. The molecule has 2 fully saturated rings. The van der Waals surface area contributed by atoms with E-state index in [0.717, 1.165) is 13.1 Å². The molecule has 130 valence electrons. The lowest BCUT2D eigenvalue weighted by atomic mass is 9.92. The first kappa shape index (κ1) is 15.8. The van der Waals surface area contributed by atoms with Crippen molar-refractivity contribution < 1.29 is 0 Å². The number of benzene rings is 3. The van der Waals surface area contributed by atoms with Gasteiger partial charge in [-0.1, -0.05) is 66.7 Å². The van der Waals surface area contributed by atoms with Crippen LogP contribution in [0.1, 0.15) is 23.2 Å². The molecule has 4 atom stereocenters. The Morgan fingerprint density at radius 2 is 1.04 bits per heavy atom. The molecule has 2 heterocycles. The van der Waals surface area contributed by atoms with E-state index in [1.807, 2.05) is 0 Å². The zero-order valence-corrected chi connectivity index (χ0v) is 15.4. The van der Waals surface area contributed by atoms with Crippen molar-refractivity contribution >= 4 is 0 Å². The zero-order valence-electron chi connectivity index (χ0n) is 15.4. The molecular formula is C24H24N2. The van der Waals surface area contributed by atoms with E-state index >= 15 is 0 Å². The maximum atomic E-state index is 2.39. The second kappa shape index (κ2) is 6.08. The molecule has 0 aromatic heterocycles. The number of hydrogen-bond acceptors (Lipinski definition) is 2. The Morgan fingerprint density at radius 3 is 1.46 bits per heavy atom. The molecule has 0 bridgehead atoms. The van der Waals surface area contributed by atoms with Gasteiger partial charge in [-0.2, -0.15) is 0 Å². The molecule has 0 spiro atoms. The smallest absolute Gasteiger partial charge is 0.0479 e. The first-order chi connectivity index (χ1) is 12.7. The van der Waals surface area contributed by atoms with E-state index in [2.05, 4.69) is 96.7 Å². The van der Waals surface area contributed by atoms with Crippen LogP contribution in [0.2, 0.25) is 0 Å². The SMILES string of the molecule is CN1CC1c1ccccc1-c1cccc(-c2ccccc2C2CN2C)c1. The summed E-state index contributed by atoms with van der Waals surface area (Å²) in [5.41, 5.74) is 8.26. The summed E-state index contributed by atoms with van der Waals surface area (Å²) in [6.07, 6.45) is 0. The predicted molar refractivity (Wildman–Crippen MR) is 108 cm³/mol. The second-order valence-electron chi connectivity index (χ2n) is 7.67. The summed E-state index contributed by atoms with van der Waals surface area (Å²) in [5.74, 6) is 0. The number of rotatable bonds is 4. The van der Waals surface area contributed by atoms with Gasteiger partial charge in [0.25, 0.3) is 0 Å². The van der Waals surface area contributed by atoms with Gasteiger partial charge in [0.05, 0.1) is 0 Å². The van der Waals surface area contributed by atoms with Crippen molar-refractivity contribution in [3.05, 3.63) is 83.9 Å². The molecule has 2 saturated heterocycles. The van der Waals surface area contributed by atoms with Gasteiger partial charge >= 0.3 is 0 Å². The van der Waals surface area contributed by atoms with E-state index in [-0.39, 0.29) is 0 Å². The van der Waals surface area contributed by atoms with Crippen molar-refractivity contribution in [1.82, 2.24) is 9.80 Å². The van der Waals surface area contributed by atoms with E-state index in [1.165, 1.54) is 33.4 Å². The van der Waals surface area contributed by atoms with E-state index in [9.17, 15) is 0 Å².